The first kappa shape index (κ1) is 18.8. The number of anilines is 1. The number of carbonyl (C=O) groups is 1. The van der Waals surface area contributed by atoms with Crippen LogP contribution in [-0.2, 0) is 0 Å². The maximum absolute atomic E-state index is 12.6. The minimum Gasteiger partial charge on any atom is -0.295 e. The molecule has 0 saturated heterocycles. The number of aryl methyl sites for hydroxylation is 1. The fourth-order valence-electron chi connectivity index (χ4n) is 2.52. The van der Waals surface area contributed by atoms with Crippen molar-refractivity contribution in [3.8, 4) is 0 Å². The minimum atomic E-state index is -0.365. The standard InChI is InChI=1S/C17H16Cl3N5O/c1-8(2)25-16-10(7-21-25)4-12(9(3)22-16)17(26)24-23-15-13(19)5-11(18)6-14(15)20/h4-8,23H,1-3H3,(H,24,26). The maximum atomic E-state index is 12.6. The Labute approximate surface area is 165 Å². The number of halogens is 3. The molecule has 0 aliphatic rings. The number of nitrogens with zero attached hydrogens (tertiary/aromatic N) is 3. The predicted octanol–water partition coefficient (Wildman–Crippen LogP) is 5.04. The summed E-state index contributed by atoms with van der Waals surface area (Å²) in [7, 11) is 0. The first-order valence-corrected chi connectivity index (χ1v) is 8.97. The Morgan fingerprint density at radius 3 is 2.42 bits per heavy atom. The van der Waals surface area contributed by atoms with E-state index in [-0.39, 0.29) is 11.9 Å². The summed E-state index contributed by atoms with van der Waals surface area (Å²) >= 11 is 18.1. The molecule has 0 bridgehead atoms. The highest BCUT2D eigenvalue weighted by molar-refractivity contribution is 6.41. The normalized spacial score (nSPS) is 11.2. The average Bonchev–Trinajstić information content (AvgIpc) is 2.95. The van der Waals surface area contributed by atoms with Gasteiger partial charge >= 0.3 is 0 Å². The van der Waals surface area contributed by atoms with Crippen molar-refractivity contribution >= 4 is 57.4 Å². The van der Waals surface area contributed by atoms with Crippen molar-refractivity contribution in [1.29, 1.82) is 0 Å². The van der Waals surface area contributed by atoms with Crippen LogP contribution in [0.1, 0.15) is 35.9 Å². The molecule has 9 heteroatoms. The molecule has 26 heavy (non-hydrogen) atoms. The lowest BCUT2D eigenvalue weighted by atomic mass is 10.1. The zero-order chi connectivity index (χ0) is 19.0. The summed E-state index contributed by atoms with van der Waals surface area (Å²) < 4.78 is 1.82. The smallest absolute Gasteiger partial charge is 0.271 e. The number of fused-ring (bicyclic) bond motifs is 1. The number of nitrogens with one attached hydrogen (secondary N) is 2. The fraction of sp³-hybridized carbons (Fsp3) is 0.235. The van der Waals surface area contributed by atoms with Crippen molar-refractivity contribution in [2.24, 2.45) is 0 Å². The van der Waals surface area contributed by atoms with E-state index in [9.17, 15) is 4.79 Å². The number of benzene rings is 1. The number of aromatic nitrogens is 3. The van der Waals surface area contributed by atoms with E-state index >= 15 is 0 Å². The Hall–Kier alpha value is -2.02. The summed E-state index contributed by atoms with van der Waals surface area (Å²) in [6.07, 6.45) is 1.69. The molecule has 0 aliphatic carbocycles. The third-order valence-corrected chi connectivity index (χ3v) is 4.62. The average molecular weight is 413 g/mol. The van der Waals surface area contributed by atoms with E-state index < -0.39 is 0 Å². The van der Waals surface area contributed by atoms with Crippen molar-refractivity contribution < 1.29 is 4.79 Å². The van der Waals surface area contributed by atoms with E-state index in [2.05, 4.69) is 20.9 Å². The molecule has 136 valence electrons. The summed E-state index contributed by atoms with van der Waals surface area (Å²) in [6, 6.07) is 4.99. The van der Waals surface area contributed by atoms with Gasteiger partial charge in [-0.05, 0) is 39.0 Å². The number of hydrazine groups is 1. The van der Waals surface area contributed by atoms with E-state index in [1.807, 2.05) is 18.5 Å². The van der Waals surface area contributed by atoms with Gasteiger partial charge in [-0.25, -0.2) is 9.67 Å². The van der Waals surface area contributed by atoms with Gasteiger partial charge in [-0.15, -0.1) is 0 Å². The van der Waals surface area contributed by atoms with Crippen LogP contribution < -0.4 is 10.9 Å². The molecule has 0 atom stereocenters. The molecule has 0 unspecified atom stereocenters. The summed E-state index contributed by atoms with van der Waals surface area (Å²) in [5.41, 5.74) is 7.44. The second-order valence-electron chi connectivity index (χ2n) is 6.04. The lowest BCUT2D eigenvalue weighted by Gasteiger charge is -2.13. The van der Waals surface area contributed by atoms with Crippen LogP contribution in [0.25, 0.3) is 11.0 Å². The number of amides is 1. The van der Waals surface area contributed by atoms with Crippen LogP contribution in [-0.4, -0.2) is 20.7 Å². The van der Waals surface area contributed by atoms with Gasteiger partial charge < -0.3 is 0 Å². The lowest BCUT2D eigenvalue weighted by Crippen LogP contribution is -2.30. The molecule has 0 spiro atoms. The summed E-state index contributed by atoms with van der Waals surface area (Å²) in [5, 5.41) is 6.11. The lowest BCUT2D eigenvalue weighted by molar-refractivity contribution is 0.0962. The van der Waals surface area contributed by atoms with Crippen LogP contribution in [0, 0.1) is 6.92 Å². The molecule has 2 heterocycles. The molecule has 0 radical (unpaired) electrons. The van der Waals surface area contributed by atoms with E-state index in [0.29, 0.717) is 32.0 Å². The highest BCUT2D eigenvalue weighted by Crippen LogP contribution is 2.33. The Kier molecular flexibility index (Phi) is 5.27. The second-order valence-corrected chi connectivity index (χ2v) is 7.29. The van der Waals surface area contributed by atoms with Gasteiger partial charge in [0, 0.05) is 16.5 Å². The number of rotatable bonds is 4. The summed E-state index contributed by atoms with van der Waals surface area (Å²) in [6.45, 7) is 5.81. The molecule has 6 nitrogen and oxygen atoms in total. The molecule has 2 N–H and O–H groups in total. The highest BCUT2D eigenvalue weighted by Gasteiger charge is 2.16. The minimum absolute atomic E-state index is 0.176. The molecular weight excluding hydrogens is 397 g/mol. The van der Waals surface area contributed by atoms with E-state index in [1.165, 1.54) is 12.1 Å². The Morgan fingerprint density at radius 1 is 1.15 bits per heavy atom. The quantitative estimate of drug-likeness (QED) is 0.589. The highest BCUT2D eigenvalue weighted by atomic mass is 35.5. The zero-order valence-corrected chi connectivity index (χ0v) is 16.5. The van der Waals surface area contributed by atoms with Crippen LogP contribution in [0.5, 0.6) is 0 Å². The molecule has 1 amide bonds. The van der Waals surface area contributed by atoms with E-state index in [0.717, 1.165) is 11.0 Å². The van der Waals surface area contributed by atoms with Gasteiger partial charge in [0.15, 0.2) is 5.65 Å². The van der Waals surface area contributed by atoms with Crippen molar-refractivity contribution in [1.82, 2.24) is 20.2 Å². The number of hydrogen-bond acceptors (Lipinski definition) is 4. The summed E-state index contributed by atoms with van der Waals surface area (Å²) in [5.74, 6) is -0.365. The van der Waals surface area contributed by atoms with Crippen LogP contribution in [0.2, 0.25) is 15.1 Å². The van der Waals surface area contributed by atoms with E-state index in [4.69, 9.17) is 34.8 Å². The maximum Gasteiger partial charge on any atom is 0.271 e. The molecule has 3 rings (SSSR count). The van der Waals surface area contributed by atoms with Crippen LogP contribution >= 0.6 is 34.8 Å². The third kappa shape index (κ3) is 3.58. The molecule has 0 saturated carbocycles. The Bertz CT molecular complexity index is 976. The third-order valence-electron chi connectivity index (χ3n) is 3.80. The number of pyridine rings is 1. The van der Waals surface area contributed by atoms with Gasteiger partial charge in [0.05, 0.1) is 33.2 Å². The second kappa shape index (κ2) is 7.31. The van der Waals surface area contributed by atoms with Gasteiger partial charge in [0.1, 0.15) is 0 Å². The number of carbonyl (C=O) groups excluding carboxylic acids is 1. The molecule has 1 aromatic carbocycles. The number of hydrogen-bond donors (Lipinski definition) is 2. The SMILES string of the molecule is Cc1nc2c(cnn2C(C)C)cc1C(=O)NNc1c(Cl)cc(Cl)cc1Cl. The fourth-order valence-corrected chi connectivity index (χ4v) is 3.43. The monoisotopic (exact) mass is 411 g/mol. The molecule has 3 aromatic rings. The van der Waals surface area contributed by atoms with Crippen LogP contribution in [0.4, 0.5) is 5.69 Å². The van der Waals surface area contributed by atoms with Crippen molar-refractivity contribution in [3.63, 3.8) is 0 Å². The van der Waals surface area contributed by atoms with Gasteiger partial charge in [-0.1, -0.05) is 34.8 Å². The van der Waals surface area contributed by atoms with Gasteiger partial charge in [0.25, 0.3) is 5.91 Å². The van der Waals surface area contributed by atoms with E-state index in [1.54, 1.807) is 19.2 Å². The van der Waals surface area contributed by atoms with Crippen molar-refractivity contribution in [3.05, 3.63) is 50.7 Å². The van der Waals surface area contributed by atoms with Gasteiger partial charge in [-0.2, -0.15) is 5.10 Å². The first-order valence-electron chi connectivity index (χ1n) is 7.83. The van der Waals surface area contributed by atoms with Crippen molar-refractivity contribution in [2.75, 3.05) is 5.43 Å². The molecule has 2 aromatic heterocycles. The zero-order valence-electron chi connectivity index (χ0n) is 14.3. The molecular formula is C17H16Cl3N5O. The largest absolute Gasteiger partial charge is 0.295 e. The molecule has 0 fully saturated rings. The predicted molar refractivity (Wildman–Crippen MR) is 105 cm³/mol. The van der Waals surface area contributed by atoms with Crippen LogP contribution in [0.15, 0.2) is 24.4 Å². The Morgan fingerprint density at radius 2 is 1.81 bits per heavy atom. The first-order chi connectivity index (χ1) is 12.3. The van der Waals surface area contributed by atoms with Gasteiger partial charge in [0.2, 0.25) is 0 Å². The van der Waals surface area contributed by atoms with Gasteiger partial charge in [-0.3, -0.25) is 15.6 Å². The Balaban J connectivity index is 1.85. The van der Waals surface area contributed by atoms with Crippen molar-refractivity contribution in [2.45, 2.75) is 26.8 Å². The van der Waals surface area contributed by atoms with Crippen LogP contribution in [0.3, 0.4) is 0 Å². The topological polar surface area (TPSA) is 71.8 Å². The molecule has 0 aliphatic heterocycles. The summed E-state index contributed by atoms with van der Waals surface area (Å²) in [4.78, 5) is 17.1.